The Labute approximate surface area is 213 Å². The average molecular weight is 507 g/mol. The third-order valence-corrected chi connectivity index (χ3v) is 11.5. The van der Waals surface area contributed by atoms with Crippen LogP contribution in [0.5, 0.6) is 5.75 Å². The van der Waals surface area contributed by atoms with E-state index in [4.69, 9.17) is 23.4 Å². The summed E-state index contributed by atoms with van der Waals surface area (Å²) in [6, 6.07) is 7.80. The topological polar surface area (TPSA) is 66.4 Å². The van der Waals surface area contributed by atoms with Crippen LogP contribution in [0.3, 0.4) is 0 Å². The highest BCUT2D eigenvalue weighted by atomic mass is 28.4. The van der Waals surface area contributed by atoms with Crippen molar-refractivity contribution in [3.63, 3.8) is 0 Å². The van der Waals surface area contributed by atoms with Gasteiger partial charge < -0.3 is 28.5 Å². The number of ether oxygens (including phenoxy) is 4. The van der Waals surface area contributed by atoms with E-state index in [1.165, 1.54) is 0 Å². The van der Waals surface area contributed by atoms with Gasteiger partial charge in [-0.2, -0.15) is 0 Å². The molecule has 1 heterocycles. The Bertz CT molecular complexity index is 849. The summed E-state index contributed by atoms with van der Waals surface area (Å²) in [5.74, 6) is 6.23. The van der Waals surface area contributed by atoms with Gasteiger partial charge in [-0.3, -0.25) is 0 Å². The molecule has 0 amide bonds. The molecule has 2 rings (SSSR count). The average Bonchev–Trinajstić information content (AvgIpc) is 3.08. The maximum absolute atomic E-state index is 10.9. The summed E-state index contributed by atoms with van der Waals surface area (Å²) in [5, 5.41) is 11.0. The molecule has 0 bridgehead atoms. The Kier molecular flexibility index (Phi) is 10.4. The molecule has 5 atom stereocenters. The van der Waals surface area contributed by atoms with Gasteiger partial charge in [0.15, 0.2) is 14.1 Å². The van der Waals surface area contributed by atoms with Crippen molar-refractivity contribution in [1.82, 2.24) is 0 Å². The summed E-state index contributed by atoms with van der Waals surface area (Å²) in [4.78, 5) is 0. The Morgan fingerprint density at radius 3 is 2.29 bits per heavy atom. The maximum atomic E-state index is 10.9. The molecule has 35 heavy (non-hydrogen) atoms. The van der Waals surface area contributed by atoms with Gasteiger partial charge in [0.05, 0.1) is 25.9 Å². The molecule has 1 fully saturated rings. The zero-order chi connectivity index (χ0) is 26.4. The minimum absolute atomic E-state index is 0.0135. The van der Waals surface area contributed by atoms with Crippen LogP contribution in [0.15, 0.2) is 24.3 Å². The molecule has 198 valence electrons. The second kappa shape index (κ2) is 12.2. The van der Waals surface area contributed by atoms with Crippen molar-refractivity contribution in [2.24, 2.45) is 5.92 Å². The van der Waals surface area contributed by atoms with Crippen molar-refractivity contribution >= 4 is 8.32 Å². The number of benzene rings is 1. The van der Waals surface area contributed by atoms with Crippen molar-refractivity contribution in [3.05, 3.63) is 29.8 Å². The van der Waals surface area contributed by atoms with Crippen molar-refractivity contribution in [2.45, 2.75) is 110 Å². The molecule has 7 heteroatoms. The zero-order valence-corrected chi connectivity index (χ0v) is 24.3. The molecule has 0 saturated carbocycles. The first kappa shape index (κ1) is 29.8. The van der Waals surface area contributed by atoms with Crippen LogP contribution in [0.2, 0.25) is 18.1 Å². The monoisotopic (exact) mass is 506 g/mol. The van der Waals surface area contributed by atoms with E-state index < -0.39 is 26.3 Å². The summed E-state index contributed by atoms with van der Waals surface area (Å²) in [7, 11) is -0.237. The van der Waals surface area contributed by atoms with Gasteiger partial charge in [-0.25, -0.2) is 0 Å². The first-order valence-corrected chi connectivity index (χ1v) is 15.5. The molecule has 1 saturated heterocycles. The van der Waals surface area contributed by atoms with Crippen molar-refractivity contribution < 1.29 is 28.5 Å². The molecule has 1 aliphatic rings. The van der Waals surface area contributed by atoms with Gasteiger partial charge in [0.25, 0.3) is 0 Å². The number of aliphatic hydroxyl groups excluding tert-OH is 1. The molecule has 1 aromatic rings. The van der Waals surface area contributed by atoms with E-state index in [9.17, 15) is 5.11 Å². The van der Waals surface area contributed by atoms with Gasteiger partial charge in [-0.15, -0.1) is 0 Å². The summed E-state index contributed by atoms with van der Waals surface area (Å²) >= 11 is 0. The minimum atomic E-state index is -1.89. The fourth-order valence-corrected chi connectivity index (χ4v) is 5.11. The first-order chi connectivity index (χ1) is 16.1. The number of rotatable bonds is 10. The van der Waals surface area contributed by atoms with Crippen molar-refractivity contribution in [3.8, 4) is 17.6 Å². The van der Waals surface area contributed by atoms with Crippen LogP contribution in [0, 0.1) is 17.8 Å². The Morgan fingerprint density at radius 2 is 1.71 bits per heavy atom. The fourth-order valence-electron chi connectivity index (χ4n) is 3.63. The summed E-state index contributed by atoms with van der Waals surface area (Å²) in [6.45, 7) is 20.0. The SMILES string of the molecule is COc1ccc(COCC[C@@H]2OC(C)(C)O[C@@H]2C(O)C#C[C@@H](C)[C@@H](C)O[Si](C)(C)C(C)(C)C)cc1. The summed E-state index contributed by atoms with van der Waals surface area (Å²) in [6.07, 6.45) is -1.21. The number of hydrogen-bond donors (Lipinski definition) is 1. The van der Waals surface area contributed by atoms with Crippen LogP contribution in [0.1, 0.15) is 60.5 Å². The standard InChI is InChI=1S/C28H46O6Si/c1-20(21(2)34-35(9,10)27(3,4)5)11-16-24(29)26-25(32-28(6,7)33-26)17-18-31-19-22-12-14-23(30-8)15-13-22/h12-15,20-21,24-26,29H,17-19H2,1-10H3/t20-,21-,24?,25+,26-/m1/s1. The third kappa shape index (κ3) is 8.89. The number of hydrogen-bond acceptors (Lipinski definition) is 6. The van der Waals surface area contributed by atoms with Crippen LogP contribution in [-0.2, 0) is 25.2 Å². The van der Waals surface area contributed by atoms with E-state index in [2.05, 4.69) is 52.6 Å². The van der Waals surface area contributed by atoms with Crippen LogP contribution in [-0.4, -0.2) is 57.3 Å². The van der Waals surface area contributed by atoms with E-state index >= 15 is 0 Å². The van der Waals surface area contributed by atoms with Crippen LogP contribution < -0.4 is 4.74 Å². The Morgan fingerprint density at radius 1 is 1.09 bits per heavy atom. The lowest BCUT2D eigenvalue weighted by molar-refractivity contribution is -0.153. The Hall–Kier alpha value is -1.40. The van der Waals surface area contributed by atoms with E-state index in [0.29, 0.717) is 19.6 Å². The van der Waals surface area contributed by atoms with Crippen molar-refractivity contribution in [1.29, 1.82) is 0 Å². The van der Waals surface area contributed by atoms with E-state index in [0.717, 1.165) is 11.3 Å². The van der Waals surface area contributed by atoms with E-state index in [1.807, 2.05) is 45.0 Å². The number of aliphatic hydroxyl groups is 1. The molecule has 1 aromatic carbocycles. The highest BCUT2D eigenvalue weighted by Crippen LogP contribution is 2.38. The zero-order valence-electron chi connectivity index (χ0n) is 23.3. The van der Waals surface area contributed by atoms with Crippen LogP contribution in [0.25, 0.3) is 0 Å². The molecule has 1 N–H and O–H groups in total. The van der Waals surface area contributed by atoms with Gasteiger partial charge in [-0.1, -0.05) is 44.7 Å². The molecule has 0 spiro atoms. The lowest BCUT2D eigenvalue weighted by Crippen LogP contribution is -2.44. The van der Waals surface area contributed by atoms with Gasteiger partial charge in [0, 0.05) is 12.5 Å². The second-order valence-corrected chi connectivity index (χ2v) is 16.2. The second-order valence-electron chi connectivity index (χ2n) is 11.4. The smallest absolute Gasteiger partial charge is 0.192 e. The maximum Gasteiger partial charge on any atom is 0.192 e. The van der Waals surface area contributed by atoms with Gasteiger partial charge >= 0.3 is 0 Å². The first-order valence-electron chi connectivity index (χ1n) is 12.6. The van der Waals surface area contributed by atoms with E-state index in [1.54, 1.807) is 7.11 Å². The molecule has 1 aliphatic heterocycles. The fraction of sp³-hybridized carbons (Fsp3) is 0.714. The molecule has 1 unspecified atom stereocenters. The van der Waals surface area contributed by atoms with Gasteiger partial charge in [-0.05, 0) is 69.9 Å². The predicted octanol–water partition coefficient (Wildman–Crippen LogP) is 5.53. The van der Waals surface area contributed by atoms with Crippen molar-refractivity contribution in [2.75, 3.05) is 13.7 Å². The van der Waals surface area contributed by atoms with Gasteiger partial charge in [0.2, 0.25) is 0 Å². The molecule has 0 aliphatic carbocycles. The highest BCUT2D eigenvalue weighted by Gasteiger charge is 2.44. The summed E-state index contributed by atoms with van der Waals surface area (Å²) < 4.78 is 29.6. The highest BCUT2D eigenvalue weighted by molar-refractivity contribution is 6.74. The molecular formula is C28H46O6Si. The normalized spacial score (nSPS) is 22.7. The molecule has 0 aromatic heterocycles. The minimum Gasteiger partial charge on any atom is -0.497 e. The van der Waals surface area contributed by atoms with Gasteiger partial charge in [0.1, 0.15) is 18.0 Å². The van der Waals surface area contributed by atoms with Crippen LogP contribution >= 0.6 is 0 Å². The molecule has 6 nitrogen and oxygen atoms in total. The predicted molar refractivity (Wildman–Crippen MR) is 142 cm³/mol. The Balaban J connectivity index is 1.92. The lowest BCUT2D eigenvalue weighted by Gasteiger charge is -2.39. The molecule has 0 radical (unpaired) electrons. The number of methoxy groups -OCH3 is 1. The lowest BCUT2D eigenvalue weighted by atomic mass is 10.0. The van der Waals surface area contributed by atoms with Crippen LogP contribution in [0.4, 0.5) is 0 Å². The summed E-state index contributed by atoms with van der Waals surface area (Å²) in [5.41, 5.74) is 1.07. The molecular weight excluding hydrogens is 460 g/mol. The quantitative estimate of drug-likeness (QED) is 0.256. The van der Waals surface area contributed by atoms with E-state index in [-0.39, 0.29) is 23.2 Å². The largest absolute Gasteiger partial charge is 0.497 e. The third-order valence-electron chi connectivity index (χ3n) is 6.96.